The molecule has 22 heavy (non-hydrogen) atoms. The van der Waals surface area contributed by atoms with Crippen molar-refractivity contribution >= 4 is 22.8 Å². The number of nitrogens with one attached hydrogen (secondary N) is 1. The fourth-order valence-electron chi connectivity index (χ4n) is 2.29. The lowest BCUT2D eigenvalue weighted by molar-refractivity contribution is -0.142. The Bertz CT molecular complexity index is 694. The Labute approximate surface area is 129 Å². The van der Waals surface area contributed by atoms with Crippen LogP contribution in [-0.4, -0.2) is 29.5 Å². The number of methoxy groups -OCH3 is 1. The summed E-state index contributed by atoms with van der Waals surface area (Å²) in [6, 6.07) is 9.08. The van der Waals surface area contributed by atoms with Gasteiger partial charge in [0, 0.05) is 22.7 Å². The largest absolute Gasteiger partial charge is 0.469 e. The van der Waals surface area contributed by atoms with E-state index < -0.39 is 5.54 Å². The van der Waals surface area contributed by atoms with E-state index in [0.717, 1.165) is 10.9 Å². The Kier molecular flexibility index (Phi) is 4.75. The van der Waals surface area contributed by atoms with Crippen LogP contribution < -0.4 is 5.32 Å². The minimum absolute atomic E-state index is 0.134. The molecule has 1 aromatic carbocycles. The number of rotatable bonds is 5. The Morgan fingerprint density at radius 1 is 1.27 bits per heavy atom. The van der Waals surface area contributed by atoms with E-state index in [-0.39, 0.29) is 18.3 Å². The minimum Gasteiger partial charge on any atom is -0.469 e. The van der Waals surface area contributed by atoms with Crippen molar-refractivity contribution in [3.63, 3.8) is 0 Å². The van der Waals surface area contributed by atoms with Gasteiger partial charge in [0.25, 0.3) is 5.91 Å². The summed E-state index contributed by atoms with van der Waals surface area (Å²) in [4.78, 5) is 28.4. The molecule has 0 unspecified atom stereocenters. The number of aromatic nitrogens is 1. The van der Waals surface area contributed by atoms with Crippen LogP contribution in [0, 0.1) is 0 Å². The van der Waals surface area contributed by atoms with Crippen LogP contribution >= 0.6 is 0 Å². The third kappa shape index (κ3) is 3.42. The maximum absolute atomic E-state index is 12.6. The molecule has 0 aliphatic heterocycles. The Morgan fingerprint density at radius 2 is 2.05 bits per heavy atom. The molecule has 0 radical (unpaired) electrons. The summed E-state index contributed by atoms with van der Waals surface area (Å²) in [5.74, 6) is -0.559. The predicted molar refractivity (Wildman–Crippen MR) is 84.5 cm³/mol. The summed E-state index contributed by atoms with van der Waals surface area (Å²) in [5.41, 5.74) is 0.672. The summed E-state index contributed by atoms with van der Waals surface area (Å²) >= 11 is 0. The molecule has 0 bridgehead atoms. The molecule has 0 fully saturated rings. The van der Waals surface area contributed by atoms with Gasteiger partial charge in [0.1, 0.15) is 0 Å². The summed E-state index contributed by atoms with van der Waals surface area (Å²) in [7, 11) is 1.34. The molecule has 5 nitrogen and oxygen atoms in total. The lowest BCUT2D eigenvalue weighted by atomic mass is 9.93. The number of amides is 1. The van der Waals surface area contributed by atoms with Gasteiger partial charge in [-0.1, -0.05) is 19.1 Å². The lowest BCUT2D eigenvalue weighted by Crippen LogP contribution is -2.47. The molecular formula is C17H20N2O3. The van der Waals surface area contributed by atoms with Crippen LogP contribution in [0.3, 0.4) is 0 Å². The number of hydrogen-bond donors (Lipinski definition) is 1. The average Bonchev–Trinajstić information content (AvgIpc) is 2.54. The molecule has 1 aromatic heterocycles. The van der Waals surface area contributed by atoms with Crippen LogP contribution in [-0.2, 0) is 9.53 Å². The van der Waals surface area contributed by atoms with E-state index in [9.17, 15) is 9.59 Å². The first-order valence-corrected chi connectivity index (χ1v) is 7.22. The number of nitrogens with zero attached hydrogens (tertiary/aromatic N) is 1. The highest BCUT2D eigenvalue weighted by Gasteiger charge is 2.29. The van der Waals surface area contributed by atoms with Crippen LogP contribution in [0.25, 0.3) is 10.9 Å². The Hall–Kier alpha value is -2.43. The highest BCUT2D eigenvalue weighted by Crippen LogP contribution is 2.20. The first-order valence-electron chi connectivity index (χ1n) is 7.22. The lowest BCUT2D eigenvalue weighted by Gasteiger charge is -2.28. The second kappa shape index (κ2) is 6.56. The number of fused-ring (bicyclic) bond motifs is 1. The standard InChI is InChI=1S/C17H20N2O3/c1-4-17(2,11-15(20)22-3)19-16(21)13-7-5-9-14-12(13)8-6-10-18-14/h5-10H,4,11H2,1-3H3,(H,19,21)/t17-/m1/s1. The first-order chi connectivity index (χ1) is 10.5. The number of hydrogen-bond acceptors (Lipinski definition) is 4. The van der Waals surface area contributed by atoms with Crippen LogP contribution in [0.5, 0.6) is 0 Å². The minimum atomic E-state index is -0.644. The Morgan fingerprint density at radius 3 is 2.73 bits per heavy atom. The molecule has 1 amide bonds. The molecule has 2 aromatic rings. The van der Waals surface area contributed by atoms with Crippen molar-refractivity contribution in [1.29, 1.82) is 0 Å². The van der Waals surface area contributed by atoms with Gasteiger partial charge in [-0.25, -0.2) is 0 Å². The topological polar surface area (TPSA) is 68.3 Å². The van der Waals surface area contributed by atoms with E-state index in [1.165, 1.54) is 7.11 Å². The monoisotopic (exact) mass is 300 g/mol. The van der Waals surface area contributed by atoms with Gasteiger partial charge in [0.15, 0.2) is 0 Å². The molecule has 0 aliphatic rings. The van der Waals surface area contributed by atoms with Crippen molar-refractivity contribution < 1.29 is 14.3 Å². The molecule has 116 valence electrons. The molecule has 0 saturated carbocycles. The molecule has 0 spiro atoms. The smallest absolute Gasteiger partial charge is 0.307 e. The molecule has 0 aliphatic carbocycles. The molecule has 1 N–H and O–H groups in total. The zero-order valence-electron chi connectivity index (χ0n) is 13.1. The van der Waals surface area contributed by atoms with Gasteiger partial charge in [-0.3, -0.25) is 14.6 Å². The highest BCUT2D eigenvalue weighted by atomic mass is 16.5. The van der Waals surface area contributed by atoms with E-state index in [1.807, 2.05) is 26.0 Å². The molecule has 0 saturated heterocycles. The fourth-order valence-corrected chi connectivity index (χ4v) is 2.29. The maximum atomic E-state index is 12.6. The van der Waals surface area contributed by atoms with E-state index in [0.29, 0.717) is 12.0 Å². The molecular weight excluding hydrogens is 280 g/mol. The summed E-state index contributed by atoms with van der Waals surface area (Å²) in [5, 5.41) is 3.74. The van der Waals surface area contributed by atoms with E-state index in [4.69, 9.17) is 4.74 Å². The maximum Gasteiger partial charge on any atom is 0.307 e. The Balaban J connectivity index is 2.28. The van der Waals surface area contributed by atoms with Gasteiger partial charge in [-0.2, -0.15) is 0 Å². The second-order valence-corrected chi connectivity index (χ2v) is 5.50. The first kappa shape index (κ1) is 15.9. The van der Waals surface area contributed by atoms with Gasteiger partial charge in [-0.05, 0) is 31.5 Å². The number of benzene rings is 1. The van der Waals surface area contributed by atoms with Crippen LogP contribution in [0.2, 0.25) is 0 Å². The number of esters is 1. The molecule has 5 heteroatoms. The predicted octanol–water partition coefficient (Wildman–Crippen LogP) is 2.70. The van der Waals surface area contributed by atoms with Gasteiger partial charge in [0.05, 0.1) is 19.0 Å². The van der Waals surface area contributed by atoms with Crippen LogP contribution in [0.4, 0.5) is 0 Å². The number of pyridine rings is 1. The third-order valence-electron chi connectivity index (χ3n) is 3.85. The summed E-state index contributed by atoms with van der Waals surface area (Å²) in [6.07, 6.45) is 2.45. The van der Waals surface area contributed by atoms with Crippen molar-refractivity contribution in [3.8, 4) is 0 Å². The molecule has 1 heterocycles. The average molecular weight is 300 g/mol. The van der Waals surface area contributed by atoms with Crippen LogP contribution in [0.1, 0.15) is 37.0 Å². The van der Waals surface area contributed by atoms with E-state index >= 15 is 0 Å². The molecule has 2 rings (SSSR count). The second-order valence-electron chi connectivity index (χ2n) is 5.50. The van der Waals surface area contributed by atoms with E-state index in [1.54, 1.807) is 24.4 Å². The van der Waals surface area contributed by atoms with Crippen molar-refractivity contribution in [3.05, 3.63) is 42.1 Å². The van der Waals surface area contributed by atoms with E-state index in [2.05, 4.69) is 10.3 Å². The number of carbonyl (C=O) groups excluding carboxylic acids is 2. The van der Waals surface area contributed by atoms with Gasteiger partial charge in [-0.15, -0.1) is 0 Å². The SMILES string of the molecule is CC[C@](C)(CC(=O)OC)NC(=O)c1cccc2ncccc12. The van der Waals surface area contributed by atoms with Crippen molar-refractivity contribution in [2.75, 3.05) is 7.11 Å². The van der Waals surface area contributed by atoms with Crippen molar-refractivity contribution in [1.82, 2.24) is 10.3 Å². The van der Waals surface area contributed by atoms with Crippen molar-refractivity contribution in [2.45, 2.75) is 32.2 Å². The summed E-state index contributed by atoms with van der Waals surface area (Å²) < 4.78 is 4.71. The number of ether oxygens (including phenoxy) is 1. The normalized spacial score (nSPS) is 13.4. The zero-order chi connectivity index (χ0) is 16.2. The molecule has 1 atom stereocenters. The van der Waals surface area contributed by atoms with Crippen molar-refractivity contribution in [2.24, 2.45) is 0 Å². The highest BCUT2D eigenvalue weighted by molar-refractivity contribution is 6.06. The van der Waals surface area contributed by atoms with Gasteiger partial charge < -0.3 is 10.1 Å². The van der Waals surface area contributed by atoms with Gasteiger partial charge in [0.2, 0.25) is 0 Å². The summed E-state index contributed by atoms with van der Waals surface area (Å²) in [6.45, 7) is 3.76. The van der Waals surface area contributed by atoms with Crippen LogP contribution in [0.15, 0.2) is 36.5 Å². The van der Waals surface area contributed by atoms with Gasteiger partial charge >= 0.3 is 5.97 Å². The number of carbonyl (C=O) groups is 2. The quantitative estimate of drug-likeness (QED) is 0.862. The third-order valence-corrected chi connectivity index (χ3v) is 3.85. The zero-order valence-corrected chi connectivity index (χ0v) is 13.1. The fraction of sp³-hybridized carbons (Fsp3) is 0.353.